The minimum Gasteiger partial charge on any atom is -0.485 e. The van der Waals surface area contributed by atoms with Crippen molar-refractivity contribution in [1.82, 2.24) is 9.97 Å². The second-order valence-electron chi connectivity index (χ2n) is 4.82. The zero-order valence-electron chi connectivity index (χ0n) is 11.6. The van der Waals surface area contributed by atoms with Crippen LogP contribution in [0, 0.1) is 0 Å². The Morgan fingerprint density at radius 2 is 1.81 bits per heavy atom. The van der Waals surface area contributed by atoms with Gasteiger partial charge in [0.05, 0.1) is 0 Å². The number of nitrogens with zero attached hydrogens (tertiary/aromatic N) is 2. The molecule has 0 bridgehead atoms. The van der Waals surface area contributed by atoms with Crippen LogP contribution in [0.25, 0.3) is 10.8 Å². The van der Waals surface area contributed by atoms with Gasteiger partial charge < -0.3 is 10.5 Å². The third-order valence-electron chi connectivity index (χ3n) is 3.42. The van der Waals surface area contributed by atoms with E-state index >= 15 is 0 Å². The van der Waals surface area contributed by atoms with Crippen molar-refractivity contribution in [1.29, 1.82) is 0 Å². The predicted molar refractivity (Wildman–Crippen MR) is 83.0 cm³/mol. The van der Waals surface area contributed by atoms with E-state index in [-0.39, 0.29) is 6.10 Å². The van der Waals surface area contributed by atoms with Crippen molar-refractivity contribution in [3.8, 4) is 5.75 Å². The first-order valence-corrected chi connectivity index (χ1v) is 6.98. The van der Waals surface area contributed by atoms with E-state index in [1.807, 2.05) is 42.6 Å². The van der Waals surface area contributed by atoms with Crippen molar-refractivity contribution in [3.63, 3.8) is 0 Å². The van der Waals surface area contributed by atoms with E-state index in [1.54, 1.807) is 18.6 Å². The maximum Gasteiger partial charge on any atom is 0.128 e. The summed E-state index contributed by atoms with van der Waals surface area (Å²) in [6, 6.07) is 11.9. The topological polar surface area (TPSA) is 61.0 Å². The molecule has 0 aliphatic carbocycles. The van der Waals surface area contributed by atoms with Crippen molar-refractivity contribution in [2.45, 2.75) is 12.5 Å². The summed E-state index contributed by atoms with van der Waals surface area (Å²) in [5.74, 6) is 0.852. The molecule has 2 aromatic heterocycles. The van der Waals surface area contributed by atoms with Gasteiger partial charge in [-0.2, -0.15) is 0 Å². The van der Waals surface area contributed by atoms with Gasteiger partial charge in [-0.3, -0.25) is 9.97 Å². The van der Waals surface area contributed by atoms with Crippen LogP contribution in [0.2, 0.25) is 0 Å². The van der Waals surface area contributed by atoms with E-state index in [1.165, 1.54) is 0 Å². The maximum absolute atomic E-state index is 6.22. The van der Waals surface area contributed by atoms with Crippen molar-refractivity contribution >= 4 is 10.8 Å². The van der Waals surface area contributed by atoms with E-state index in [9.17, 15) is 0 Å². The molecule has 4 nitrogen and oxygen atoms in total. The highest BCUT2D eigenvalue weighted by molar-refractivity contribution is 5.87. The van der Waals surface area contributed by atoms with Crippen LogP contribution < -0.4 is 10.5 Å². The van der Waals surface area contributed by atoms with Gasteiger partial charge in [0.25, 0.3) is 0 Å². The molecule has 21 heavy (non-hydrogen) atoms. The van der Waals surface area contributed by atoms with Gasteiger partial charge in [-0.15, -0.1) is 0 Å². The summed E-state index contributed by atoms with van der Waals surface area (Å²) in [5, 5.41) is 2.12. The minimum atomic E-state index is -0.0724. The van der Waals surface area contributed by atoms with Crippen molar-refractivity contribution in [2.75, 3.05) is 6.54 Å². The lowest BCUT2D eigenvalue weighted by atomic mass is 10.1. The Balaban J connectivity index is 1.95. The monoisotopic (exact) mass is 279 g/mol. The molecule has 0 saturated carbocycles. The lowest BCUT2D eigenvalue weighted by Crippen LogP contribution is -2.13. The molecule has 1 aromatic carbocycles. The number of nitrogens with two attached hydrogens (primary N) is 1. The number of pyridine rings is 2. The van der Waals surface area contributed by atoms with E-state index in [2.05, 4.69) is 9.97 Å². The van der Waals surface area contributed by atoms with Crippen LogP contribution >= 0.6 is 0 Å². The quantitative estimate of drug-likeness (QED) is 0.779. The highest BCUT2D eigenvalue weighted by atomic mass is 16.5. The number of rotatable bonds is 5. The van der Waals surface area contributed by atoms with Crippen molar-refractivity contribution in [2.24, 2.45) is 5.73 Å². The summed E-state index contributed by atoms with van der Waals surface area (Å²) in [5.41, 5.74) is 6.81. The Bertz CT molecular complexity index is 710. The second kappa shape index (κ2) is 6.33. The Kier molecular flexibility index (Phi) is 4.07. The van der Waals surface area contributed by atoms with Gasteiger partial charge in [0.15, 0.2) is 0 Å². The average molecular weight is 279 g/mol. The molecule has 1 atom stereocenters. The Hall–Kier alpha value is -2.46. The first-order chi connectivity index (χ1) is 10.4. The highest BCUT2D eigenvalue weighted by Crippen LogP contribution is 2.30. The molecule has 0 radical (unpaired) electrons. The zero-order chi connectivity index (χ0) is 14.5. The smallest absolute Gasteiger partial charge is 0.128 e. The van der Waals surface area contributed by atoms with Gasteiger partial charge in [0, 0.05) is 42.0 Å². The summed E-state index contributed by atoms with van der Waals surface area (Å²) in [4.78, 5) is 8.19. The average Bonchev–Trinajstić information content (AvgIpc) is 2.55. The molecular weight excluding hydrogens is 262 g/mol. The van der Waals surface area contributed by atoms with Crippen molar-refractivity contribution in [3.05, 3.63) is 66.7 Å². The van der Waals surface area contributed by atoms with Gasteiger partial charge in [-0.05, 0) is 36.4 Å². The van der Waals surface area contributed by atoms with Crippen LogP contribution in [0.3, 0.4) is 0 Å². The van der Waals surface area contributed by atoms with E-state index in [0.29, 0.717) is 6.54 Å². The highest BCUT2D eigenvalue weighted by Gasteiger charge is 2.14. The SMILES string of the molecule is NCCC(Oc1cccc2cnccc12)c1ccncc1. The Morgan fingerprint density at radius 3 is 2.62 bits per heavy atom. The molecule has 0 saturated heterocycles. The van der Waals surface area contributed by atoms with E-state index < -0.39 is 0 Å². The summed E-state index contributed by atoms with van der Waals surface area (Å²) in [6.07, 6.45) is 7.85. The molecular formula is C17H17N3O. The second-order valence-corrected chi connectivity index (χ2v) is 4.82. The molecule has 106 valence electrons. The molecule has 1 unspecified atom stereocenters. The van der Waals surface area contributed by atoms with Gasteiger partial charge in [-0.1, -0.05) is 12.1 Å². The third kappa shape index (κ3) is 3.01. The summed E-state index contributed by atoms with van der Waals surface area (Å²) < 4.78 is 6.22. The Morgan fingerprint density at radius 1 is 1.00 bits per heavy atom. The molecule has 0 amide bonds. The summed E-state index contributed by atoms with van der Waals surface area (Å²) >= 11 is 0. The fourth-order valence-electron chi connectivity index (χ4n) is 2.37. The largest absolute Gasteiger partial charge is 0.485 e. The number of hydrogen-bond donors (Lipinski definition) is 1. The van der Waals surface area contributed by atoms with Gasteiger partial charge in [0.1, 0.15) is 11.9 Å². The summed E-state index contributed by atoms with van der Waals surface area (Å²) in [6.45, 7) is 0.569. The van der Waals surface area contributed by atoms with E-state index in [4.69, 9.17) is 10.5 Å². The fourth-order valence-corrected chi connectivity index (χ4v) is 2.37. The lowest BCUT2D eigenvalue weighted by Gasteiger charge is -2.20. The van der Waals surface area contributed by atoms with Gasteiger partial charge in [-0.25, -0.2) is 0 Å². The third-order valence-corrected chi connectivity index (χ3v) is 3.42. The normalized spacial score (nSPS) is 12.2. The first kappa shape index (κ1) is 13.5. The first-order valence-electron chi connectivity index (χ1n) is 6.98. The van der Waals surface area contributed by atoms with Gasteiger partial charge in [0.2, 0.25) is 0 Å². The number of ether oxygens (including phenoxy) is 1. The molecule has 0 aliphatic rings. The van der Waals surface area contributed by atoms with Crippen LogP contribution in [-0.2, 0) is 0 Å². The van der Waals surface area contributed by atoms with Crippen molar-refractivity contribution < 1.29 is 4.74 Å². The molecule has 3 rings (SSSR count). The minimum absolute atomic E-state index is 0.0724. The number of benzene rings is 1. The zero-order valence-corrected chi connectivity index (χ0v) is 11.6. The van der Waals surface area contributed by atoms with Gasteiger partial charge >= 0.3 is 0 Å². The number of fused-ring (bicyclic) bond motifs is 1. The standard InChI is InChI=1S/C17H17N3O/c18-8-4-16(13-5-9-19-10-6-13)21-17-3-1-2-14-12-20-11-7-15(14)17/h1-3,5-7,9-12,16H,4,8,18H2. The molecule has 2 N–H and O–H groups in total. The maximum atomic E-state index is 6.22. The molecule has 2 heterocycles. The van der Waals surface area contributed by atoms with E-state index in [0.717, 1.165) is 28.5 Å². The molecule has 4 heteroatoms. The molecule has 0 fully saturated rings. The van der Waals surface area contributed by atoms with Crippen LogP contribution in [0.15, 0.2) is 61.2 Å². The molecule has 0 spiro atoms. The van der Waals surface area contributed by atoms with Crippen LogP contribution in [-0.4, -0.2) is 16.5 Å². The van der Waals surface area contributed by atoms with Crippen LogP contribution in [0.1, 0.15) is 18.1 Å². The van der Waals surface area contributed by atoms with Crippen LogP contribution in [0.5, 0.6) is 5.75 Å². The number of hydrogen-bond acceptors (Lipinski definition) is 4. The predicted octanol–water partition coefficient (Wildman–Crippen LogP) is 3.10. The lowest BCUT2D eigenvalue weighted by molar-refractivity contribution is 0.200. The molecule has 0 aliphatic heterocycles. The van der Waals surface area contributed by atoms with Crippen LogP contribution in [0.4, 0.5) is 0 Å². The fraction of sp³-hybridized carbons (Fsp3) is 0.176. The molecule has 3 aromatic rings. The Labute approximate surface area is 123 Å². The summed E-state index contributed by atoms with van der Waals surface area (Å²) in [7, 11) is 0. The number of aromatic nitrogens is 2.